The van der Waals surface area contributed by atoms with E-state index in [1.165, 1.54) is 0 Å². The van der Waals surface area contributed by atoms with Crippen molar-refractivity contribution in [2.45, 2.75) is 12.6 Å². The van der Waals surface area contributed by atoms with Crippen LogP contribution in [0.4, 0.5) is 5.69 Å². The van der Waals surface area contributed by atoms with Gasteiger partial charge in [0.2, 0.25) is 0 Å². The zero-order valence-electron chi connectivity index (χ0n) is 17.9. The molecule has 1 aliphatic rings. The number of carbonyl (C=O) groups excluding carboxylic acids is 1. The monoisotopic (exact) mass is 474 g/mol. The van der Waals surface area contributed by atoms with Gasteiger partial charge in [-0.3, -0.25) is 14.2 Å². The molecule has 10 heteroatoms. The Bertz CT molecular complexity index is 1500. The van der Waals surface area contributed by atoms with E-state index in [1.54, 1.807) is 23.1 Å². The number of halogens is 1. The highest BCUT2D eigenvalue weighted by atomic mass is 35.5. The minimum atomic E-state index is -0.389. The number of nitrogens with zero attached hydrogens (tertiary/aromatic N) is 5. The minimum absolute atomic E-state index is 0.170. The number of carbonyl (C=O) groups is 1. The Hall–Kier alpha value is -3.95. The number of ether oxygens (including phenoxy) is 1. The summed E-state index contributed by atoms with van der Waals surface area (Å²) in [7, 11) is 0. The van der Waals surface area contributed by atoms with Gasteiger partial charge >= 0.3 is 0 Å². The normalized spacial score (nSPS) is 13.8. The lowest BCUT2D eigenvalue weighted by Crippen LogP contribution is -2.31. The standard InChI is InChI=1S/C24H19ClN6O3/c25-20-7-2-1-4-16(20)11-30-12-17(10-26-30)28-24(32)21-8-22(34-29-21)19-6-3-5-15-9-27-31(23(15)19)18-13-33-14-18/h1-10,12,18H,11,13-14H2,(H,28,32). The predicted molar refractivity (Wildman–Crippen MR) is 126 cm³/mol. The Kier molecular flexibility index (Phi) is 5.12. The highest BCUT2D eigenvalue weighted by Gasteiger charge is 2.25. The van der Waals surface area contributed by atoms with Crippen LogP contribution in [0.1, 0.15) is 22.1 Å². The van der Waals surface area contributed by atoms with Crippen LogP contribution < -0.4 is 5.32 Å². The van der Waals surface area contributed by atoms with Gasteiger partial charge in [0, 0.05) is 28.2 Å². The van der Waals surface area contributed by atoms with Gasteiger partial charge in [-0.05, 0) is 17.7 Å². The molecule has 6 rings (SSSR count). The smallest absolute Gasteiger partial charge is 0.277 e. The molecule has 0 radical (unpaired) electrons. The van der Waals surface area contributed by atoms with E-state index in [-0.39, 0.29) is 17.6 Å². The molecular formula is C24H19ClN6O3. The van der Waals surface area contributed by atoms with Crippen molar-refractivity contribution in [3.63, 3.8) is 0 Å². The van der Waals surface area contributed by atoms with Gasteiger partial charge in [-0.25, -0.2) is 0 Å². The van der Waals surface area contributed by atoms with E-state index in [4.69, 9.17) is 20.9 Å². The van der Waals surface area contributed by atoms with E-state index in [2.05, 4.69) is 20.7 Å². The maximum Gasteiger partial charge on any atom is 0.277 e. The molecule has 34 heavy (non-hydrogen) atoms. The highest BCUT2D eigenvalue weighted by Crippen LogP contribution is 2.32. The van der Waals surface area contributed by atoms with Gasteiger partial charge in [-0.15, -0.1) is 0 Å². The number of amides is 1. The number of para-hydroxylation sites is 1. The predicted octanol–water partition coefficient (Wildman–Crippen LogP) is 4.41. The third-order valence-electron chi connectivity index (χ3n) is 5.77. The summed E-state index contributed by atoms with van der Waals surface area (Å²) in [6.45, 7) is 1.74. The first kappa shape index (κ1) is 20.6. The van der Waals surface area contributed by atoms with Crippen molar-refractivity contribution in [3.8, 4) is 11.3 Å². The summed E-state index contributed by atoms with van der Waals surface area (Å²) < 4.78 is 14.5. The number of nitrogens with one attached hydrogen (secondary N) is 1. The first-order valence-corrected chi connectivity index (χ1v) is 11.1. The number of hydrogen-bond donors (Lipinski definition) is 1. The van der Waals surface area contributed by atoms with Crippen LogP contribution in [0.2, 0.25) is 5.02 Å². The van der Waals surface area contributed by atoms with Crippen LogP contribution in [0.5, 0.6) is 0 Å². The Morgan fingerprint density at radius 3 is 2.82 bits per heavy atom. The van der Waals surface area contributed by atoms with Crippen LogP contribution in [0.15, 0.2) is 71.6 Å². The minimum Gasteiger partial charge on any atom is -0.377 e. The van der Waals surface area contributed by atoms with Crippen molar-refractivity contribution >= 4 is 34.1 Å². The lowest BCUT2D eigenvalue weighted by molar-refractivity contribution is -0.0266. The molecule has 4 heterocycles. The third kappa shape index (κ3) is 3.74. The van der Waals surface area contributed by atoms with Gasteiger partial charge in [-0.1, -0.05) is 47.1 Å². The molecule has 1 fully saturated rings. The lowest BCUT2D eigenvalue weighted by atomic mass is 10.1. The zero-order chi connectivity index (χ0) is 23.1. The first-order chi connectivity index (χ1) is 16.7. The number of rotatable bonds is 6. The maximum absolute atomic E-state index is 12.8. The van der Waals surface area contributed by atoms with E-state index < -0.39 is 0 Å². The number of fused-ring (bicyclic) bond motifs is 1. The van der Waals surface area contributed by atoms with Gasteiger partial charge in [-0.2, -0.15) is 10.2 Å². The molecular weight excluding hydrogens is 456 g/mol. The lowest BCUT2D eigenvalue weighted by Gasteiger charge is -2.27. The van der Waals surface area contributed by atoms with Gasteiger partial charge in [0.25, 0.3) is 5.91 Å². The van der Waals surface area contributed by atoms with Crippen molar-refractivity contribution in [1.82, 2.24) is 24.7 Å². The van der Waals surface area contributed by atoms with E-state index in [9.17, 15) is 4.79 Å². The van der Waals surface area contributed by atoms with Crippen molar-refractivity contribution in [2.24, 2.45) is 0 Å². The molecule has 3 aromatic heterocycles. The van der Waals surface area contributed by atoms with Crippen LogP contribution in [0.25, 0.3) is 22.2 Å². The molecule has 2 aromatic carbocycles. The average molecular weight is 475 g/mol. The number of benzene rings is 2. The second-order valence-corrected chi connectivity index (χ2v) is 8.48. The summed E-state index contributed by atoms with van der Waals surface area (Å²) in [5.74, 6) is 0.104. The van der Waals surface area contributed by atoms with Crippen molar-refractivity contribution in [2.75, 3.05) is 18.5 Å². The summed E-state index contributed by atoms with van der Waals surface area (Å²) in [5, 5.41) is 17.3. The molecule has 0 aliphatic carbocycles. The molecule has 170 valence electrons. The molecule has 9 nitrogen and oxygen atoms in total. The highest BCUT2D eigenvalue weighted by molar-refractivity contribution is 6.31. The number of hydrogen-bond acceptors (Lipinski definition) is 6. The van der Waals surface area contributed by atoms with Gasteiger partial charge in [0.15, 0.2) is 11.5 Å². The number of aromatic nitrogens is 5. The van der Waals surface area contributed by atoms with Crippen LogP contribution in [0, 0.1) is 0 Å². The summed E-state index contributed by atoms with van der Waals surface area (Å²) in [4.78, 5) is 12.8. The Balaban J connectivity index is 1.21. The van der Waals surface area contributed by atoms with Gasteiger partial charge in [0.1, 0.15) is 0 Å². The van der Waals surface area contributed by atoms with Crippen LogP contribution in [-0.4, -0.2) is 43.8 Å². The molecule has 0 bridgehead atoms. The fourth-order valence-corrected chi connectivity index (χ4v) is 4.16. The molecule has 0 unspecified atom stereocenters. The van der Waals surface area contributed by atoms with Crippen LogP contribution >= 0.6 is 11.6 Å². The third-order valence-corrected chi connectivity index (χ3v) is 6.14. The van der Waals surface area contributed by atoms with Crippen molar-refractivity contribution in [3.05, 3.63) is 83.4 Å². The van der Waals surface area contributed by atoms with E-state index >= 15 is 0 Å². The molecule has 1 N–H and O–H groups in total. The van der Waals surface area contributed by atoms with Crippen LogP contribution in [0.3, 0.4) is 0 Å². The van der Waals surface area contributed by atoms with E-state index in [0.717, 1.165) is 22.0 Å². The molecule has 1 amide bonds. The molecule has 5 aromatic rings. The second kappa shape index (κ2) is 8.44. The summed E-state index contributed by atoms with van der Waals surface area (Å²) >= 11 is 6.22. The maximum atomic E-state index is 12.8. The van der Waals surface area contributed by atoms with Crippen molar-refractivity contribution in [1.29, 1.82) is 0 Å². The molecule has 0 atom stereocenters. The summed E-state index contributed by atoms with van der Waals surface area (Å²) in [6, 6.07) is 15.2. The Morgan fingerprint density at radius 2 is 2.00 bits per heavy atom. The largest absolute Gasteiger partial charge is 0.377 e. The SMILES string of the molecule is O=C(Nc1cnn(Cc2ccccc2Cl)c1)c1cc(-c2cccc3cnn(C4COC4)c23)on1. The Morgan fingerprint density at radius 1 is 1.12 bits per heavy atom. The van der Waals surface area contributed by atoms with Gasteiger partial charge < -0.3 is 14.6 Å². The van der Waals surface area contributed by atoms with E-state index in [1.807, 2.05) is 53.3 Å². The molecule has 0 saturated carbocycles. The second-order valence-electron chi connectivity index (χ2n) is 8.07. The molecule has 1 saturated heterocycles. The molecule has 1 aliphatic heterocycles. The van der Waals surface area contributed by atoms with E-state index in [0.29, 0.717) is 36.2 Å². The van der Waals surface area contributed by atoms with Crippen molar-refractivity contribution < 1.29 is 14.1 Å². The first-order valence-electron chi connectivity index (χ1n) is 10.7. The quantitative estimate of drug-likeness (QED) is 0.391. The zero-order valence-corrected chi connectivity index (χ0v) is 18.6. The fraction of sp³-hybridized carbons (Fsp3) is 0.167. The van der Waals surface area contributed by atoms with Crippen LogP contribution in [-0.2, 0) is 11.3 Å². The number of anilines is 1. The Labute approximate surface area is 198 Å². The summed E-state index contributed by atoms with van der Waals surface area (Å²) in [6.07, 6.45) is 5.14. The average Bonchev–Trinajstić information content (AvgIpc) is 3.55. The summed E-state index contributed by atoms with van der Waals surface area (Å²) in [5.41, 5.74) is 3.41. The fourth-order valence-electron chi connectivity index (χ4n) is 3.96. The topological polar surface area (TPSA) is 100 Å². The van der Waals surface area contributed by atoms with Gasteiger partial charge in [0.05, 0.1) is 49.4 Å². The molecule has 0 spiro atoms.